The average molecular weight is 472 g/mol. The fraction of sp³-hybridized carbons (Fsp3) is 0.259. The highest BCUT2D eigenvalue weighted by atomic mass is 16.6. The summed E-state index contributed by atoms with van der Waals surface area (Å²) in [5, 5.41) is 13.3. The summed E-state index contributed by atoms with van der Waals surface area (Å²) in [5.41, 5.74) is 1.01. The van der Waals surface area contributed by atoms with Crippen molar-refractivity contribution in [3.63, 3.8) is 0 Å². The molecule has 0 bridgehead atoms. The first-order chi connectivity index (χ1) is 16.9. The zero-order valence-electron chi connectivity index (χ0n) is 19.6. The number of non-ortho nitro benzene ring substituents is 1. The van der Waals surface area contributed by atoms with Gasteiger partial charge in [0.2, 0.25) is 5.76 Å². The van der Waals surface area contributed by atoms with Crippen LogP contribution in [0.25, 0.3) is 21.7 Å². The Morgan fingerprint density at radius 3 is 2.37 bits per heavy atom. The Balaban J connectivity index is 1.70. The lowest BCUT2D eigenvalue weighted by Gasteiger charge is -2.28. The van der Waals surface area contributed by atoms with Gasteiger partial charge < -0.3 is 14.2 Å². The van der Waals surface area contributed by atoms with Gasteiger partial charge in [0.15, 0.2) is 5.43 Å². The molecule has 3 aromatic carbocycles. The molecule has 0 radical (unpaired) electrons. The first kappa shape index (κ1) is 22.7. The van der Waals surface area contributed by atoms with Crippen molar-refractivity contribution in [3.05, 3.63) is 97.9 Å². The van der Waals surface area contributed by atoms with Gasteiger partial charge in [0.05, 0.1) is 21.9 Å². The highest BCUT2D eigenvalue weighted by Gasteiger charge is 2.42. The number of carbonyl (C=O) groups is 1. The number of fused-ring (bicyclic) bond motifs is 4. The third kappa shape index (κ3) is 3.76. The number of nitro benzene ring substituents is 1. The summed E-state index contributed by atoms with van der Waals surface area (Å²) in [6, 6.07) is 16.5. The van der Waals surface area contributed by atoms with Crippen LogP contribution in [0.2, 0.25) is 0 Å². The highest BCUT2D eigenvalue weighted by molar-refractivity contribution is 6.06. The molecule has 1 aliphatic rings. The smallest absolute Gasteiger partial charge is 0.290 e. The van der Waals surface area contributed by atoms with E-state index in [1.54, 1.807) is 23.1 Å². The Kier molecular flexibility index (Phi) is 5.82. The van der Waals surface area contributed by atoms with E-state index in [-0.39, 0.29) is 28.3 Å². The molecule has 0 saturated heterocycles. The maximum atomic E-state index is 13.8. The van der Waals surface area contributed by atoms with Gasteiger partial charge in [-0.25, -0.2) is 0 Å². The number of nitrogens with zero attached hydrogens (tertiary/aromatic N) is 3. The van der Waals surface area contributed by atoms with Crippen LogP contribution < -0.4 is 5.43 Å². The van der Waals surface area contributed by atoms with Gasteiger partial charge in [-0.15, -0.1) is 0 Å². The molecule has 1 unspecified atom stereocenters. The van der Waals surface area contributed by atoms with E-state index in [9.17, 15) is 19.7 Å². The second-order valence-electron chi connectivity index (χ2n) is 8.61. The average Bonchev–Trinajstić information content (AvgIpc) is 3.16. The largest absolute Gasteiger partial charge is 0.450 e. The molecule has 0 N–H and O–H groups in total. The van der Waals surface area contributed by atoms with Gasteiger partial charge in [-0.3, -0.25) is 19.7 Å². The second kappa shape index (κ2) is 8.96. The molecule has 1 amide bonds. The summed E-state index contributed by atoms with van der Waals surface area (Å²) in [7, 11) is 0. The third-order valence-corrected chi connectivity index (χ3v) is 6.83. The lowest BCUT2D eigenvalue weighted by atomic mass is 9.97. The number of amides is 1. The summed E-state index contributed by atoms with van der Waals surface area (Å²) < 4.78 is 6.20. The second-order valence-corrected chi connectivity index (χ2v) is 8.61. The monoisotopic (exact) mass is 471 g/mol. The zero-order chi connectivity index (χ0) is 24.7. The first-order valence-corrected chi connectivity index (χ1v) is 11.7. The Hall–Kier alpha value is -4.04. The minimum atomic E-state index is -0.680. The molecule has 1 aliphatic heterocycles. The molecule has 2 heterocycles. The molecule has 4 aromatic rings. The van der Waals surface area contributed by atoms with Crippen LogP contribution in [0.4, 0.5) is 5.69 Å². The normalized spacial score (nSPS) is 15.3. The molecule has 5 rings (SSSR count). The number of likely N-dealkylation sites (N-methyl/N-ethyl adjacent to an activating group) is 1. The van der Waals surface area contributed by atoms with Gasteiger partial charge >= 0.3 is 0 Å². The molecular formula is C27H25N3O5. The van der Waals surface area contributed by atoms with Crippen LogP contribution in [0.5, 0.6) is 0 Å². The first-order valence-electron chi connectivity index (χ1n) is 11.7. The molecule has 1 atom stereocenters. The zero-order valence-corrected chi connectivity index (χ0v) is 19.6. The third-order valence-electron chi connectivity index (χ3n) is 6.83. The van der Waals surface area contributed by atoms with Crippen LogP contribution in [0, 0.1) is 10.1 Å². The van der Waals surface area contributed by atoms with Gasteiger partial charge in [0.1, 0.15) is 5.58 Å². The van der Waals surface area contributed by atoms with Crippen LogP contribution in [-0.2, 0) is 0 Å². The van der Waals surface area contributed by atoms with Crippen molar-refractivity contribution in [1.29, 1.82) is 0 Å². The van der Waals surface area contributed by atoms with Gasteiger partial charge in [0.25, 0.3) is 11.6 Å². The van der Waals surface area contributed by atoms with Crippen LogP contribution in [0.15, 0.2) is 69.9 Å². The van der Waals surface area contributed by atoms with E-state index in [1.807, 2.05) is 30.3 Å². The van der Waals surface area contributed by atoms with E-state index >= 15 is 0 Å². The quantitative estimate of drug-likeness (QED) is 0.219. The van der Waals surface area contributed by atoms with Crippen molar-refractivity contribution in [2.24, 2.45) is 0 Å². The van der Waals surface area contributed by atoms with Crippen molar-refractivity contribution in [2.45, 2.75) is 19.9 Å². The molecule has 0 spiro atoms. The SMILES string of the molecule is CCN(CC)CCN1C(=O)c2oc3c(ccc4ccccc43)c(=O)c2C1c1ccc([N+](=O)[O-])cc1. The summed E-state index contributed by atoms with van der Waals surface area (Å²) in [4.78, 5) is 42.0. The van der Waals surface area contributed by atoms with Crippen molar-refractivity contribution < 1.29 is 14.1 Å². The predicted molar refractivity (Wildman–Crippen MR) is 134 cm³/mol. The van der Waals surface area contributed by atoms with Crippen LogP contribution in [0.1, 0.15) is 41.6 Å². The summed E-state index contributed by atoms with van der Waals surface area (Å²) in [5.74, 6) is -0.302. The van der Waals surface area contributed by atoms with E-state index in [1.165, 1.54) is 12.1 Å². The Morgan fingerprint density at radius 1 is 0.971 bits per heavy atom. The van der Waals surface area contributed by atoms with Crippen LogP contribution in [0.3, 0.4) is 0 Å². The number of hydrogen-bond donors (Lipinski definition) is 0. The van der Waals surface area contributed by atoms with Crippen molar-refractivity contribution in [1.82, 2.24) is 9.80 Å². The van der Waals surface area contributed by atoms with E-state index in [0.717, 1.165) is 23.9 Å². The van der Waals surface area contributed by atoms with Crippen molar-refractivity contribution >= 4 is 33.3 Å². The Morgan fingerprint density at radius 2 is 1.69 bits per heavy atom. The molecular weight excluding hydrogens is 446 g/mol. The van der Waals surface area contributed by atoms with Crippen LogP contribution >= 0.6 is 0 Å². The van der Waals surface area contributed by atoms with E-state index < -0.39 is 11.0 Å². The summed E-state index contributed by atoms with van der Waals surface area (Å²) >= 11 is 0. The van der Waals surface area contributed by atoms with Crippen molar-refractivity contribution in [3.8, 4) is 0 Å². The van der Waals surface area contributed by atoms with Gasteiger partial charge in [0, 0.05) is 30.6 Å². The van der Waals surface area contributed by atoms with E-state index in [2.05, 4.69) is 18.7 Å². The lowest BCUT2D eigenvalue weighted by Crippen LogP contribution is -2.37. The summed E-state index contributed by atoms with van der Waals surface area (Å²) in [6.45, 7) is 6.80. The standard InChI is InChI=1S/C27H25N3O5/c1-3-28(4-2)15-16-29-23(18-9-12-19(13-10-18)30(33)34)22-24(31)21-14-11-17-7-5-6-8-20(17)25(21)35-26(22)27(29)32/h5-14,23H,3-4,15-16H2,1-2H3. The number of nitro groups is 1. The van der Waals surface area contributed by atoms with Gasteiger partial charge in [-0.1, -0.05) is 44.2 Å². The fourth-order valence-electron chi connectivity index (χ4n) is 4.89. The molecule has 35 heavy (non-hydrogen) atoms. The maximum absolute atomic E-state index is 13.8. The molecule has 0 fully saturated rings. The van der Waals surface area contributed by atoms with Gasteiger partial charge in [-0.05, 0) is 42.2 Å². The lowest BCUT2D eigenvalue weighted by molar-refractivity contribution is -0.384. The summed E-state index contributed by atoms with van der Waals surface area (Å²) in [6.07, 6.45) is 0. The molecule has 178 valence electrons. The minimum Gasteiger partial charge on any atom is -0.450 e. The fourth-order valence-corrected chi connectivity index (χ4v) is 4.89. The number of carbonyl (C=O) groups excluding carboxylic acids is 1. The maximum Gasteiger partial charge on any atom is 0.290 e. The highest BCUT2D eigenvalue weighted by Crippen LogP contribution is 2.39. The van der Waals surface area contributed by atoms with E-state index in [0.29, 0.717) is 29.6 Å². The molecule has 0 saturated carbocycles. The van der Waals surface area contributed by atoms with E-state index in [4.69, 9.17) is 4.42 Å². The molecule has 0 aliphatic carbocycles. The van der Waals surface area contributed by atoms with Crippen LogP contribution in [-0.4, -0.2) is 46.8 Å². The molecule has 8 heteroatoms. The van der Waals surface area contributed by atoms with Gasteiger partial charge in [-0.2, -0.15) is 0 Å². The predicted octanol–water partition coefficient (Wildman–Crippen LogP) is 4.74. The number of benzene rings is 3. The Labute approximate surface area is 201 Å². The number of rotatable bonds is 7. The number of hydrogen-bond acceptors (Lipinski definition) is 6. The minimum absolute atomic E-state index is 0.0433. The molecule has 1 aromatic heterocycles. The molecule has 8 nitrogen and oxygen atoms in total. The Bertz CT molecular complexity index is 1510. The topological polar surface area (TPSA) is 96.9 Å². The van der Waals surface area contributed by atoms with Crippen molar-refractivity contribution in [2.75, 3.05) is 26.2 Å².